The molecule has 4 nitrogen and oxygen atoms in total. The molecular formula is C24H21FN2O2. The van der Waals surface area contributed by atoms with Gasteiger partial charge < -0.3 is 9.73 Å². The highest BCUT2D eigenvalue weighted by molar-refractivity contribution is 6.04. The van der Waals surface area contributed by atoms with E-state index in [9.17, 15) is 9.18 Å². The van der Waals surface area contributed by atoms with Gasteiger partial charge in [-0.3, -0.25) is 4.79 Å². The van der Waals surface area contributed by atoms with Gasteiger partial charge in [-0.15, -0.1) is 0 Å². The molecule has 4 rings (SSSR count). The van der Waals surface area contributed by atoms with Gasteiger partial charge in [-0.05, 0) is 72.5 Å². The number of hydrogen-bond donors (Lipinski definition) is 1. The predicted octanol–water partition coefficient (Wildman–Crippen LogP) is 6.40. The minimum absolute atomic E-state index is 0.307. The van der Waals surface area contributed by atoms with Crippen molar-refractivity contribution in [3.8, 4) is 11.5 Å². The number of rotatable bonds is 5. The van der Waals surface area contributed by atoms with E-state index < -0.39 is 0 Å². The summed E-state index contributed by atoms with van der Waals surface area (Å²) in [6.07, 6.45) is 1.06. The number of oxazole rings is 1. The Morgan fingerprint density at radius 2 is 1.90 bits per heavy atom. The van der Waals surface area contributed by atoms with E-state index in [1.807, 2.05) is 24.3 Å². The van der Waals surface area contributed by atoms with Crippen LogP contribution >= 0.6 is 0 Å². The number of aromatic nitrogens is 1. The van der Waals surface area contributed by atoms with Crippen LogP contribution in [0.4, 0.5) is 10.1 Å². The van der Waals surface area contributed by atoms with Crippen LogP contribution < -0.4 is 5.32 Å². The summed E-state index contributed by atoms with van der Waals surface area (Å²) >= 11 is 0. The molecule has 146 valence electrons. The smallest absolute Gasteiger partial charge is 0.255 e. The minimum atomic E-state index is -0.379. The summed E-state index contributed by atoms with van der Waals surface area (Å²) in [4.78, 5) is 17.0. The lowest BCUT2D eigenvalue weighted by atomic mass is 9.98. The average molecular weight is 388 g/mol. The fourth-order valence-corrected chi connectivity index (χ4v) is 3.14. The highest BCUT2D eigenvalue weighted by Crippen LogP contribution is 2.29. The van der Waals surface area contributed by atoms with E-state index in [1.54, 1.807) is 6.07 Å². The van der Waals surface area contributed by atoms with Crippen molar-refractivity contribution >= 4 is 22.7 Å². The molecule has 0 radical (unpaired) electrons. The number of nitrogens with one attached hydrogen (secondary N) is 1. The van der Waals surface area contributed by atoms with E-state index in [2.05, 4.69) is 36.3 Å². The molecule has 1 amide bonds. The van der Waals surface area contributed by atoms with Crippen LogP contribution in [0.3, 0.4) is 0 Å². The number of hydrogen-bond acceptors (Lipinski definition) is 3. The molecule has 0 saturated carbocycles. The number of halogens is 1. The Labute approximate surface area is 168 Å². The van der Waals surface area contributed by atoms with Crippen LogP contribution in [0.2, 0.25) is 0 Å². The van der Waals surface area contributed by atoms with Crippen LogP contribution in [0.15, 0.2) is 71.1 Å². The highest BCUT2D eigenvalue weighted by Gasteiger charge is 2.12. The number of carbonyl (C=O) groups is 1. The lowest BCUT2D eigenvalue weighted by Crippen LogP contribution is -2.11. The molecule has 0 bridgehead atoms. The second kappa shape index (κ2) is 7.87. The molecule has 1 atom stereocenters. The second-order valence-electron chi connectivity index (χ2n) is 7.10. The quantitative estimate of drug-likeness (QED) is 0.430. The van der Waals surface area contributed by atoms with E-state index in [0.29, 0.717) is 23.1 Å². The Bertz CT molecular complexity index is 1170. The van der Waals surface area contributed by atoms with Crippen molar-refractivity contribution in [3.05, 3.63) is 83.7 Å². The molecule has 3 aromatic carbocycles. The van der Waals surface area contributed by atoms with E-state index in [4.69, 9.17) is 4.42 Å². The normalized spacial score (nSPS) is 12.1. The van der Waals surface area contributed by atoms with Gasteiger partial charge in [0.2, 0.25) is 5.89 Å². The molecule has 1 aromatic heterocycles. The standard InChI is InChI=1S/C24H21FN2O2/c1-3-15(2)17-9-12-22-21(14-17)27-24(29-22)18-5-4-6-20(13-18)26-23(28)16-7-10-19(25)11-8-16/h4-15H,3H2,1-2H3,(H,26,28)/t15-/m1/s1. The first-order chi connectivity index (χ1) is 14.0. The van der Waals surface area contributed by atoms with Crippen LogP contribution in [0.5, 0.6) is 0 Å². The SMILES string of the molecule is CC[C@@H](C)c1ccc2oc(-c3cccc(NC(=O)c4ccc(F)cc4)c3)nc2c1. The maximum atomic E-state index is 13.0. The van der Waals surface area contributed by atoms with E-state index >= 15 is 0 Å². The van der Waals surface area contributed by atoms with Crippen LogP contribution in [-0.4, -0.2) is 10.9 Å². The number of anilines is 1. The molecule has 0 unspecified atom stereocenters. The number of fused-ring (bicyclic) bond motifs is 1. The molecule has 0 aliphatic heterocycles. The third-order valence-corrected chi connectivity index (χ3v) is 5.07. The number of carbonyl (C=O) groups excluding carboxylic acids is 1. The Balaban J connectivity index is 1.59. The van der Waals surface area contributed by atoms with Gasteiger partial charge in [0.25, 0.3) is 5.91 Å². The van der Waals surface area contributed by atoms with Gasteiger partial charge in [0, 0.05) is 16.8 Å². The van der Waals surface area contributed by atoms with Gasteiger partial charge in [0.05, 0.1) is 0 Å². The van der Waals surface area contributed by atoms with E-state index in [1.165, 1.54) is 29.8 Å². The van der Waals surface area contributed by atoms with Crippen molar-refractivity contribution < 1.29 is 13.6 Å². The van der Waals surface area contributed by atoms with Crippen molar-refractivity contribution in [3.63, 3.8) is 0 Å². The summed E-state index contributed by atoms with van der Waals surface area (Å²) in [5, 5.41) is 2.82. The summed E-state index contributed by atoms with van der Waals surface area (Å²) in [5.74, 6) is 0.276. The lowest BCUT2D eigenvalue weighted by Gasteiger charge is -2.07. The zero-order valence-corrected chi connectivity index (χ0v) is 16.3. The summed E-state index contributed by atoms with van der Waals surface area (Å²) in [6, 6.07) is 18.8. The summed E-state index contributed by atoms with van der Waals surface area (Å²) < 4.78 is 19.0. The van der Waals surface area contributed by atoms with Crippen molar-refractivity contribution in [1.29, 1.82) is 0 Å². The van der Waals surface area contributed by atoms with E-state index in [-0.39, 0.29) is 11.7 Å². The molecular weight excluding hydrogens is 367 g/mol. The fourth-order valence-electron chi connectivity index (χ4n) is 3.14. The third-order valence-electron chi connectivity index (χ3n) is 5.07. The first-order valence-electron chi connectivity index (χ1n) is 9.61. The monoisotopic (exact) mass is 388 g/mol. The van der Waals surface area contributed by atoms with Crippen molar-refractivity contribution in [2.45, 2.75) is 26.2 Å². The Morgan fingerprint density at radius 3 is 2.66 bits per heavy atom. The third kappa shape index (κ3) is 4.04. The topological polar surface area (TPSA) is 55.1 Å². The zero-order chi connectivity index (χ0) is 20.4. The van der Waals surface area contributed by atoms with Crippen LogP contribution in [0, 0.1) is 5.82 Å². The minimum Gasteiger partial charge on any atom is -0.436 e. The summed E-state index contributed by atoms with van der Waals surface area (Å²) in [7, 11) is 0. The molecule has 4 aromatic rings. The molecule has 29 heavy (non-hydrogen) atoms. The van der Waals surface area contributed by atoms with Crippen LogP contribution in [-0.2, 0) is 0 Å². The zero-order valence-electron chi connectivity index (χ0n) is 16.3. The Hall–Kier alpha value is -3.47. The maximum absolute atomic E-state index is 13.0. The van der Waals surface area contributed by atoms with Crippen LogP contribution in [0.1, 0.15) is 42.1 Å². The van der Waals surface area contributed by atoms with E-state index in [0.717, 1.165) is 23.1 Å². The van der Waals surface area contributed by atoms with Gasteiger partial charge in [0.1, 0.15) is 11.3 Å². The second-order valence-corrected chi connectivity index (χ2v) is 7.10. The number of benzene rings is 3. The van der Waals surface area contributed by atoms with Crippen molar-refractivity contribution in [2.24, 2.45) is 0 Å². The van der Waals surface area contributed by atoms with Gasteiger partial charge in [-0.25, -0.2) is 9.37 Å². The van der Waals surface area contributed by atoms with Gasteiger partial charge in [-0.2, -0.15) is 0 Å². The average Bonchev–Trinajstić information content (AvgIpc) is 3.17. The van der Waals surface area contributed by atoms with Crippen LogP contribution in [0.25, 0.3) is 22.6 Å². The number of nitrogens with zero attached hydrogens (tertiary/aromatic N) is 1. The molecule has 0 aliphatic carbocycles. The molecule has 0 fully saturated rings. The largest absolute Gasteiger partial charge is 0.436 e. The number of amides is 1. The summed E-state index contributed by atoms with van der Waals surface area (Å²) in [6.45, 7) is 4.35. The highest BCUT2D eigenvalue weighted by atomic mass is 19.1. The molecule has 0 saturated heterocycles. The molecule has 1 N–H and O–H groups in total. The molecule has 5 heteroatoms. The van der Waals surface area contributed by atoms with Crippen molar-refractivity contribution in [2.75, 3.05) is 5.32 Å². The molecule has 0 spiro atoms. The van der Waals surface area contributed by atoms with Crippen molar-refractivity contribution in [1.82, 2.24) is 4.98 Å². The lowest BCUT2D eigenvalue weighted by molar-refractivity contribution is 0.102. The Morgan fingerprint density at radius 1 is 1.10 bits per heavy atom. The first-order valence-corrected chi connectivity index (χ1v) is 9.61. The molecule has 0 aliphatic rings. The fraction of sp³-hybridized carbons (Fsp3) is 0.167. The van der Waals surface area contributed by atoms with Gasteiger partial charge in [0.15, 0.2) is 5.58 Å². The summed E-state index contributed by atoms with van der Waals surface area (Å²) in [5.41, 5.74) is 4.55. The molecule has 1 heterocycles. The van der Waals surface area contributed by atoms with Gasteiger partial charge >= 0.3 is 0 Å². The Kier molecular flexibility index (Phi) is 5.12. The van der Waals surface area contributed by atoms with Gasteiger partial charge in [-0.1, -0.05) is 26.0 Å². The maximum Gasteiger partial charge on any atom is 0.255 e. The first kappa shape index (κ1) is 18.9. The predicted molar refractivity (Wildman–Crippen MR) is 113 cm³/mol.